The average molecular weight is 619 g/mol. The number of carbonyl (C=O) groups is 3. The molecule has 2 amide bonds. The third kappa shape index (κ3) is 10.1. The number of nitrogens with one attached hydrogen (secondary N) is 4. The van der Waals surface area contributed by atoms with Crippen molar-refractivity contribution in [2.45, 2.75) is 12.1 Å². The minimum atomic E-state index is -0.477. The standard InChI is InChI=1S/C18H26N4O6S7/c23-7-10(8-29)21-35-33-6-2-20-17(25)15-13-12(27-3-4-28-13)14(34-15)16(24)19-1-5-32-22-11(9-30)18(26)31/h8,10-11,21-23,30H,1-7,9H2,(H,19,24)(H,20,25)(H,26,31)/t10-,11+/m1/s1. The molecule has 1 aromatic heterocycles. The van der Waals surface area contributed by atoms with Gasteiger partial charge >= 0.3 is 0 Å². The van der Waals surface area contributed by atoms with Crippen LogP contribution >= 0.6 is 82.5 Å². The lowest BCUT2D eigenvalue weighted by molar-refractivity contribution is -0.111. The summed E-state index contributed by atoms with van der Waals surface area (Å²) >= 11 is 15.0. The van der Waals surface area contributed by atoms with Crippen molar-refractivity contribution in [3.05, 3.63) is 9.75 Å². The number of fused-ring (bicyclic) bond motifs is 1. The SMILES string of the molecule is O=C(NCCSN[C@@H](CS)C(=O)S)c1sc(C(=O)NCCSSN[C@@H](C=S)CO)c2c1OCCO2. The van der Waals surface area contributed by atoms with Gasteiger partial charge in [-0.25, -0.2) is 4.72 Å². The molecule has 1 aliphatic heterocycles. The number of amides is 2. The van der Waals surface area contributed by atoms with Crippen LogP contribution in [0.2, 0.25) is 0 Å². The molecule has 17 heteroatoms. The van der Waals surface area contributed by atoms with E-state index in [9.17, 15) is 14.4 Å². The molecule has 5 N–H and O–H groups in total. The normalized spacial score (nSPS) is 14.1. The summed E-state index contributed by atoms with van der Waals surface area (Å²) in [6.45, 7) is 1.20. The molecule has 0 fully saturated rings. The van der Waals surface area contributed by atoms with Crippen LogP contribution in [0.3, 0.4) is 0 Å². The van der Waals surface area contributed by atoms with Gasteiger partial charge in [-0.15, -0.1) is 24.0 Å². The van der Waals surface area contributed by atoms with Gasteiger partial charge in [0.2, 0.25) is 5.12 Å². The smallest absolute Gasteiger partial charge is 0.265 e. The molecule has 0 saturated carbocycles. The van der Waals surface area contributed by atoms with Crippen molar-refractivity contribution in [1.29, 1.82) is 0 Å². The number of hydrogen-bond donors (Lipinski definition) is 7. The zero-order chi connectivity index (χ0) is 25.6. The number of thiocarbonyl (C=S) groups is 1. The highest BCUT2D eigenvalue weighted by atomic mass is 33.1. The predicted octanol–water partition coefficient (Wildman–Crippen LogP) is 1.22. The Morgan fingerprint density at radius 2 is 1.69 bits per heavy atom. The van der Waals surface area contributed by atoms with E-state index in [-0.39, 0.29) is 64.0 Å². The van der Waals surface area contributed by atoms with Crippen molar-refractivity contribution in [3.63, 3.8) is 0 Å². The third-order valence-corrected chi connectivity index (χ3v) is 9.14. The third-order valence-electron chi connectivity index (χ3n) is 4.10. The Hall–Kier alpha value is -0.370. The summed E-state index contributed by atoms with van der Waals surface area (Å²) in [7, 11) is 2.80. The maximum absolute atomic E-state index is 12.7. The number of hydrogen-bond acceptors (Lipinski definition) is 14. The highest BCUT2D eigenvalue weighted by Crippen LogP contribution is 2.44. The monoisotopic (exact) mass is 618 g/mol. The van der Waals surface area contributed by atoms with Crippen LogP contribution < -0.4 is 29.6 Å². The van der Waals surface area contributed by atoms with Gasteiger partial charge in [0.1, 0.15) is 23.0 Å². The van der Waals surface area contributed by atoms with E-state index < -0.39 is 6.04 Å². The molecule has 2 heterocycles. The summed E-state index contributed by atoms with van der Waals surface area (Å²) in [6.07, 6.45) is 0. The fraction of sp³-hybridized carbons (Fsp3) is 0.556. The molecular weight excluding hydrogens is 593 g/mol. The minimum Gasteiger partial charge on any atom is -0.484 e. The highest BCUT2D eigenvalue weighted by molar-refractivity contribution is 8.76. The van der Waals surface area contributed by atoms with Crippen molar-refractivity contribution in [3.8, 4) is 11.5 Å². The highest BCUT2D eigenvalue weighted by Gasteiger charge is 2.31. The van der Waals surface area contributed by atoms with Crippen LogP contribution in [-0.4, -0.2) is 89.7 Å². The second kappa shape index (κ2) is 17.2. The van der Waals surface area contributed by atoms with Crippen molar-refractivity contribution >= 4 is 105 Å². The summed E-state index contributed by atoms with van der Waals surface area (Å²) in [6, 6.07) is -0.747. The zero-order valence-electron chi connectivity index (χ0n) is 18.3. The van der Waals surface area contributed by atoms with E-state index in [1.807, 2.05) is 0 Å². The van der Waals surface area contributed by atoms with Gasteiger partial charge in [0.15, 0.2) is 11.5 Å². The summed E-state index contributed by atoms with van der Waals surface area (Å²) in [5.74, 6) is 1.25. The van der Waals surface area contributed by atoms with E-state index >= 15 is 0 Å². The first-order valence-electron chi connectivity index (χ1n) is 10.2. The molecule has 0 radical (unpaired) electrons. The van der Waals surface area contributed by atoms with Crippen LogP contribution in [0.15, 0.2) is 0 Å². The minimum absolute atomic E-state index is 0.0847. The Morgan fingerprint density at radius 3 is 2.20 bits per heavy atom. The number of carbonyl (C=O) groups excluding carboxylic acids is 3. The van der Waals surface area contributed by atoms with Crippen molar-refractivity contribution in [1.82, 2.24) is 20.1 Å². The molecule has 10 nitrogen and oxygen atoms in total. The molecule has 35 heavy (non-hydrogen) atoms. The van der Waals surface area contributed by atoms with E-state index in [0.29, 0.717) is 30.3 Å². The molecule has 2 rings (SSSR count). The molecule has 0 aromatic carbocycles. The van der Waals surface area contributed by atoms with Gasteiger partial charge < -0.3 is 25.2 Å². The van der Waals surface area contributed by atoms with Crippen molar-refractivity contribution in [2.24, 2.45) is 0 Å². The first-order valence-corrected chi connectivity index (χ1v) is 15.9. The van der Waals surface area contributed by atoms with Gasteiger partial charge in [-0.05, 0) is 16.3 Å². The number of aliphatic hydroxyl groups excluding tert-OH is 1. The summed E-state index contributed by atoms with van der Waals surface area (Å²) in [5.41, 5.74) is 0. The summed E-state index contributed by atoms with van der Waals surface area (Å²) in [5, 5.41) is 15.8. The average Bonchev–Trinajstić information content (AvgIpc) is 3.25. The predicted molar refractivity (Wildman–Crippen MR) is 155 cm³/mol. The molecule has 1 aliphatic rings. The van der Waals surface area contributed by atoms with Crippen LogP contribution in [0.5, 0.6) is 11.5 Å². The maximum atomic E-state index is 12.7. The van der Waals surface area contributed by atoms with Crippen LogP contribution in [0.25, 0.3) is 0 Å². The Bertz CT molecular complexity index is 875. The van der Waals surface area contributed by atoms with E-state index in [0.717, 1.165) is 11.3 Å². The molecule has 0 aliphatic carbocycles. The lowest BCUT2D eigenvalue weighted by Gasteiger charge is -2.17. The zero-order valence-corrected chi connectivity index (χ0v) is 24.2. The van der Waals surface area contributed by atoms with Crippen molar-refractivity contribution in [2.75, 3.05) is 50.2 Å². The van der Waals surface area contributed by atoms with Gasteiger partial charge in [0.25, 0.3) is 11.8 Å². The Balaban J connectivity index is 1.84. The molecule has 0 unspecified atom stereocenters. The molecular formula is C18H26N4O6S7. The lowest BCUT2D eigenvalue weighted by atomic mass is 10.3. The first kappa shape index (κ1) is 30.9. The number of aliphatic hydroxyl groups is 1. The van der Waals surface area contributed by atoms with E-state index in [4.69, 9.17) is 26.8 Å². The topological polar surface area (TPSA) is 138 Å². The molecule has 1 aromatic rings. The maximum Gasteiger partial charge on any atom is 0.265 e. The van der Waals surface area contributed by atoms with Gasteiger partial charge in [-0.1, -0.05) is 35.0 Å². The molecule has 0 spiro atoms. The van der Waals surface area contributed by atoms with Gasteiger partial charge in [-0.3, -0.25) is 19.1 Å². The molecule has 0 bridgehead atoms. The Morgan fingerprint density at radius 1 is 1.09 bits per heavy atom. The van der Waals surface area contributed by atoms with Gasteiger partial charge in [-0.2, -0.15) is 12.6 Å². The number of ether oxygens (including phenoxy) is 2. The van der Waals surface area contributed by atoms with Crippen LogP contribution in [0.4, 0.5) is 0 Å². The number of thiol groups is 2. The van der Waals surface area contributed by atoms with Crippen LogP contribution in [0.1, 0.15) is 19.3 Å². The second-order valence-electron chi connectivity index (χ2n) is 6.62. The first-order chi connectivity index (χ1) is 16.9. The molecule has 2 atom stereocenters. The molecule has 196 valence electrons. The fourth-order valence-electron chi connectivity index (χ4n) is 2.40. The van der Waals surface area contributed by atoms with Crippen LogP contribution in [-0.2, 0) is 4.79 Å². The Labute approximate surface area is 236 Å². The fourth-order valence-corrected chi connectivity index (χ4v) is 6.82. The van der Waals surface area contributed by atoms with Gasteiger partial charge in [0.05, 0.1) is 18.7 Å². The van der Waals surface area contributed by atoms with Crippen molar-refractivity contribution < 1.29 is 29.0 Å². The summed E-state index contributed by atoms with van der Waals surface area (Å²) in [4.78, 5) is 37.3. The Kier molecular flexibility index (Phi) is 15.2. The lowest BCUT2D eigenvalue weighted by Crippen LogP contribution is -2.33. The largest absolute Gasteiger partial charge is 0.484 e. The number of thiophene rings is 1. The van der Waals surface area contributed by atoms with Crippen LogP contribution in [0, 0.1) is 0 Å². The van der Waals surface area contributed by atoms with Gasteiger partial charge in [0, 0.05) is 30.3 Å². The molecule has 0 saturated heterocycles. The number of rotatable bonds is 17. The quantitative estimate of drug-likeness (QED) is 0.0444. The second-order valence-corrected chi connectivity index (χ2v) is 11.9. The summed E-state index contributed by atoms with van der Waals surface area (Å²) < 4.78 is 17.2. The van der Waals surface area contributed by atoms with E-state index in [2.05, 4.69) is 45.3 Å². The van der Waals surface area contributed by atoms with E-state index in [1.165, 1.54) is 39.1 Å². The van der Waals surface area contributed by atoms with E-state index in [1.54, 1.807) is 0 Å².